The molecule has 3 aromatic rings. The monoisotopic (exact) mass is 417 g/mol. The Morgan fingerprint density at radius 2 is 2.00 bits per heavy atom. The summed E-state index contributed by atoms with van der Waals surface area (Å²) in [5.74, 6) is 2.38. The predicted octanol–water partition coefficient (Wildman–Crippen LogP) is 5.80. The fraction of sp³-hybridized carbons (Fsp3) is 0.429. The molecule has 1 aliphatic heterocycles. The standard InChI is InChI=1S/C21H24ClN3O2S/c1-4-14-7-5-6-10-25(14)19-18-15(12-28-20(18)24-21(22)23-19)13-8-9-16(26-2)17(11-13)27-3/h8-9,11-12,14H,4-7,10H2,1-3H3. The maximum absolute atomic E-state index is 6.30. The van der Waals surface area contributed by atoms with Gasteiger partial charge in [-0.25, -0.2) is 4.98 Å². The van der Waals surface area contributed by atoms with Crippen LogP contribution in [0.2, 0.25) is 5.28 Å². The Morgan fingerprint density at radius 1 is 1.18 bits per heavy atom. The lowest BCUT2D eigenvalue weighted by Gasteiger charge is -2.36. The quantitative estimate of drug-likeness (QED) is 0.491. The molecule has 1 aromatic carbocycles. The first-order valence-corrected chi connectivity index (χ1v) is 10.9. The molecule has 5 nitrogen and oxygen atoms in total. The van der Waals surface area contributed by atoms with Crippen LogP contribution in [0.25, 0.3) is 21.3 Å². The average Bonchev–Trinajstić information content (AvgIpc) is 3.16. The summed E-state index contributed by atoms with van der Waals surface area (Å²) >= 11 is 7.90. The minimum absolute atomic E-state index is 0.309. The van der Waals surface area contributed by atoms with Crippen molar-refractivity contribution in [2.45, 2.75) is 38.6 Å². The maximum Gasteiger partial charge on any atom is 0.225 e. The summed E-state index contributed by atoms with van der Waals surface area (Å²) in [7, 11) is 3.30. The highest BCUT2D eigenvalue weighted by molar-refractivity contribution is 7.17. The number of rotatable bonds is 5. The van der Waals surface area contributed by atoms with Crippen LogP contribution >= 0.6 is 22.9 Å². The fourth-order valence-corrected chi connectivity index (χ4v) is 5.18. The molecule has 0 amide bonds. The third-order valence-corrected chi connectivity index (χ3v) is 6.49. The molecule has 1 saturated heterocycles. The second-order valence-electron chi connectivity index (χ2n) is 6.97. The molecule has 3 heterocycles. The van der Waals surface area contributed by atoms with Crippen LogP contribution in [0.4, 0.5) is 5.82 Å². The molecule has 0 bridgehead atoms. The number of nitrogens with zero attached hydrogens (tertiary/aromatic N) is 3. The van der Waals surface area contributed by atoms with Crippen LogP contribution in [0.5, 0.6) is 11.5 Å². The first kappa shape index (κ1) is 19.3. The van der Waals surface area contributed by atoms with E-state index in [4.69, 9.17) is 21.1 Å². The van der Waals surface area contributed by atoms with Crippen LogP contribution in [0.1, 0.15) is 32.6 Å². The van der Waals surface area contributed by atoms with E-state index in [2.05, 4.69) is 33.2 Å². The first-order chi connectivity index (χ1) is 13.7. The zero-order chi connectivity index (χ0) is 19.7. The highest BCUT2D eigenvalue weighted by Gasteiger charge is 2.26. The van der Waals surface area contributed by atoms with Crippen LogP contribution in [-0.2, 0) is 0 Å². The Morgan fingerprint density at radius 3 is 2.75 bits per heavy atom. The maximum atomic E-state index is 6.30. The van der Waals surface area contributed by atoms with E-state index in [1.807, 2.05) is 12.1 Å². The van der Waals surface area contributed by atoms with E-state index in [-0.39, 0.29) is 0 Å². The normalized spacial score (nSPS) is 17.1. The van der Waals surface area contributed by atoms with Gasteiger partial charge >= 0.3 is 0 Å². The van der Waals surface area contributed by atoms with E-state index in [0.29, 0.717) is 22.8 Å². The predicted molar refractivity (Wildman–Crippen MR) is 116 cm³/mol. The Labute approximate surface area is 174 Å². The van der Waals surface area contributed by atoms with Crippen molar-refractivity contribution < 1.29 is 9.47 Å². The van der Waals surface area contributed by atoms with E-state index >= 15 is 0 Å². The van der Waals surface area contributed by atoms with Crippen molar-refractivity contribution in [3.05, 3.63) is 28.9 Å². The Hall–Kier alpha value is -2.05. The number of thiophene rings is 1. The number of piperidine rings is 1. The minimum Gasteiger partial charge on any atom is -0.493 e. The fourth-order valence-electron chi connectivity index (χ4n) is 4.03. The SMILES string of the molecule is CCC1CCCCN1c1nc(Cl)nc2scc(-c3ccc(OC)c(OC)c3)c12. The average molecular weight is 418 g/mol. The van der Waals surface area contributed by atoms with Crippen LogP contribution in [0.3, 0.4) is 0 Å². The summed E-state index contributed by atoms with van der Waals surface area (Å²) in [5, 5.41) is 3.51. The molecule has 0 saturated carbocycles. The molecule has 0 spiro atoms. The van der Waals surface area contributed by atoms with E-state index in [1.165, 1.54) is 19.3 Å². The van der Waals surface area contributed by atoms with Crippen LogP contribution < -0.4 is 14.4 Å². The zero-order valence-electron chi connectivity index (χ0n) is 16.4. The van der Waals surface area contributed by atoms with Crippen molar-refractivity contribution in [2.24, 2.45) is 0 Å². The highest BCUT2D eigenvalue weighted by atomic mass is 35.5. The van der Waals surface area contributed by atoms with Crippen molar-refractivity contribution in [2.75, 3.05) is 25.7 Å². The number of fused-ring (bicyclic) bond motifs is 1. The Balaban J connectivity index is 1.89. The number of hydrogen-bond acceptors (Lipinski definition) is 6. The summed E-state index contributed by atoms with van der Waals surface area (Å²) in [5.41, 5.74) is 2.16. The van der Waals surface area contributed by atoms with E-state index in [1.54, 1.807) is 25.6 Å². The van der Waals surface area contributed by atoms with Crippen molar-refractivity contribution in [3.63, 3.8) is 0 Å². The van der Waals surface area contributed by atoms with E-state index in [9.17, 15) is 0 Å². The van der Waals surface area contributed by atoms with Gasteiger partial charge in [-0.2, -0.15) is 4.98 Å². The van der Waals surface area contributed by atoms with Crippen molar-refractivity contribution >= 4 is 39.0 Å². The summed E-state index contributed by atoms with van der Waals surface area (Å²) < 4.78 is 10.9. The third kappa shape index (κ3) is 3.40. The van der Waals surface area contributed by atoms with Gasteiger partial charge in [-0.1, -0.05) is 13.0 Å². The number of halogens is 1. The lowest BCUT2D eigenvalue weighted by molar-refractivity contribution is 0.355. The molecule has 4 rings (SSSR count). The number of methoxy groups -OCH3 is 2. The van der Waals surface area contributed by atoms with Crippen molar-refractivity contribution in [1.29, 1.82) is 0 Å². The van der Waals surface area contributed by atoms with Crippen LogP contribution in [-0.4, -0.2) is 36.8 Å². The highest BCUT2D eigenvalue weighted by Crippen LogP contribution is 2.42. The van der Waals surface area contributed by atoms with Gasteiger partial charge < -0.3 is 14.4 Å². The lowest BCUT2D eigenvalue weighted by Crippen LogP contribution is -2.39. The van der Waals surface area contributed by atoms with Gasteiger partial charge in [-0.3, -0.25) is 0 Å². The molecule has 1 aliphatic rings. The molecule has 2 aromatic heterocycles. The molecule has 7 heteroatoms. The van der Waals surface area contributed by atoms with Gasteiger partial charge in [-0.05, 0) is 55.0 Å². The van der Waals surface area contributed by atoms with Crippen molar-refractivity contribution in [3.8, 4) is 22.6 Å². The molecule has 0 N–H and O–H groups in total. The van der Waals surface area contributed by atoms with E-state index in [0.717, 1.165) is 40.1 Å². The second kappa shape index (κ2) is 8.13. The molecule has 148 valence electrons. The number of hydrogen-bond donors (Lipinski definition) is 0. The number of aromatic nitrogens is 2. The van der Waals surface area contributed by atoms with Crippen molar-refractivity contribution in [1.82, 2.24) is 9.97 Å². The number of benzene rings is 1. The third-order valence-electron chi connectivity index (χ3n) is 5.45. The van der Waals surface area contributed by atoms with Gasteiger partial charge in [0.25, 0.3) is 0 Å². The zero-order valence-corrected chi connectivity index (χ0v) is 17.9. The van der Waals surface area contributed by atoms with Gasteiger partial charge in [0.15, 0.2) is 11.5 Å². The minimum atomic E-state index is 0.309. The lowest BCUT2D eigenvalue weighted by atomic mass is 9.98. The molecule has 0 radical (unpaired) electrons. The molecule has 1 fully saturated rings. The van der Waals surface area contributed by atoms with Crippen LogP contribution in [0, 0.1) is 0 Å². The van der Waals surface area contributed by atoms with Gasteiger partial charge in [0, 0.05) is 23.5 Å². The number of anilines is 1. The second-order valence-corrected chi connectivity index (χ2v) is 8.16. The summed E-state index contributed by atoms with van der Waals surface area (Å²) in [4.78, 5) is 12.5. The first-order valence-electron chi connectivity index (χ1n) is 9.60. The van der Waals surface area contributed by atoms with Crippen LogP contribution in [0.15, 0.2) is 23.6 Å². The topological polar surface area (TPSA) is 47.5 Å². The van der Waals surface area contributed by atoms with Gasteiger partial charge in [-0.15, -0.1) is 11.3 Å². The molecular formula is C21H24ClN3O2S. The molecule has 0 aliphatic carbocycles. The molecular weight excluding hydrogens is 394 g/mol. The van der Waals surface area contributed by atoms with Gasteiger partial charge in [0.05, 0.1) is 19.6 Å². The molecule has 1 atom stereocenters. The smallest absolute Gasteiger partial charge is 0.225 e. The largest absolute Gasteiger partial charge is 0.493 e. The summed E-state index contributed by atoms with van der Waals surface area (Å²) in [6, 6.07) is 6.48. The molecule has 28 heavy (non-hydrogen) atoms. The Kier molecular flexibility index (Phi) is 5.60. The summed E-state index contributed by atoms with van der Waals surface area (Å²) in [6.07, 6.45) is 4.73. The number of ether oxygens (including phenoxy) is 2. The van der Waals surface area contributed by atoms with Gasteiger partial charge in [0.1, 0.15) is 10.6 Å². The molecule has 1 unspecified atom stereocenters. The van der Waals surface area contributed by atoms with E-state index < -0.39 is 0 Å². The van der Waals surface area contributed by atoms with Gasteiger partial charge in [0.2, 0.25) is 5.28 Å². The Bertz CT molecular complexity index is 991. The summed E-state index contributed by atoms with van der Waals surface area (Å²) in [6.45, 7) is 3.24.